The van der Waals surface area contributed by atoms with Crippen molar-refractivity contribution in [1.29, 1.82) is 0 Å². The first-order valence-corrected chi connectivity index (χ1v) is 8.62. The standard InChI is InChI=1S/C18H37N/c1-7-9-14(3)17-12-15(8-2)10-11-16(17)13-19-18(4,5)6/h14-17,19H,7-13H2,1-6H3. The average molecular weight is 268 g/mol. The van der Waals surface area contributed by atoms with Gasteiger partial charge in [-0.3, -0.25) is 0 Å². The van der Waals surface area contributed by atoms with E-state index in [2.05, 4.69) is 46.9 Å². The summed E-state index contributed by atoms with van der Waals surface area (Å²) in [6, 6.07) is 0. The van der Waals surface area contributed by atoms with Crippen LogP contribution in [0.1, 0.15) is 80.1 Å². The second-order valence-corrected chi connectivity index (χ2v) is 7.91. The van der Waals surface area contributed by atoms with Crippen LogP contribution in [0.3, 0.4) is 0 Å². The van der Waals surface area contributed by atoms with Gasteiger partial charge in [-0.15, -0.1) is 0 Å². The highest BCUT2D eigenvalue weighted by molar-refractivity contribution is 4.85. The zero-order valence-corrected chi connectivity index (χ0v) is 14.3. The molecule has 1 heteroatoms. The molecule has 0 bridgehead atoms. The van der Waals surface area contributed by atoms with E-state index in [-0.39, 0.29) is 5.54 Å². The van der Waals surface area contributed by atoms with Crippen LogP contribution >= 0.6 is 0 Å². The van der Waals surface area contributed by atoms with Gasteiger partial charge in [0, 0.05) is 5.54 Å². The molecule has 1 aliphatic rings. The Hall–Kier alpha value is -0.0400. The molecule has 0 aromatic heterocycles. The molecule has 4 atom stereocenters. The van der Waals surface area contributed by atoms with Crippen molar-refractivity contribution < 1.29 is 0 Å². The number of nitrogens with one attached hydrogen (secondary N) is 1. The maximum absolute atomic E-state index is 3.75. The van der Waals surface area contributed by atoms with Crippen molar-refractivity contribution in [2.45, 2.75) is 85.6 Å². The summed E-state index contributed by atoms with van der Waals surface area (Å²) >= 11 is 0. The summed E-state index contributed by atoms with van der Waals surface area (Å²) in [7, 11) is 0. The Labute approximate surface area is 121 Å². The first kappa shape index (κ1) is 17.0. The summed E-state index contributed by atoms with van der Waals surface area (Å²) in [5.41, 5.74) is 0.264. The summed E-state index contributed by atoms with van der Waals surface area (Å²) in [6.45, 7) is 15.3. The maximum atomic E-state index is 3.75. The minimum atomic E-state index is 0.264. The van der Waals surface area contributed by atoms with Gasteiger partial charge >= 0.3 is 0 Å². The maximum Gasteiger partial charge on any atom is 0.00966 e. The van der Waals surface area contributed by atoms with Crippen molar-refractivity contribution in [3.8, 4) is 0 Å². The van der Waals surface area contributed by atoms with Crippen molar-refractivity contribution in [3.63, 3.8) is 0 Å². The van der Waals surface area contributed by atoms with E-state index in [1.54, 1.807) is 0 Å². The Morgan fingerprint density at radius 2 is 1.84 bits per heavy atom. The average Bonchev–Trinajstić information content (AvgIpc) is 2.35. The Balaban J connectivity index is 2.59. The lowest BCUT2D eigenvalue weighted by Gasteiger charge is -2.40. The molecule has 0 amide bonds. The fourth-order valence-corrected chi connectivity index (χ4v) is 3.79. The third-order valence-electron chi connectivity index (χ3n) is 5.10. The SMILES string of the molecule is CCCC(C)C1CC(CC)CCC1CNC(C)(C)C. The van der Waals surface area contributed by atoms with Crippen molar-refractivity contribution in [2.75, 3.05) is 6.54 Å². The first-order valence-electron chi connectivity index (χ1n) is 8.62. The van der Waals surface area contributed by atoms with E-state index in [4.69, 9.17) is 0 Å². The third-order valence-corrected chi connectivity index (χ3v) is 5.10. The van der Waals surface area contributed by atoms with E-state index in [1.165, 1.54) is 45.1 Å². The second kappa shape index (κ2) is 7.67. The summed E-state index contributed by atoms with van der Waals surface area (Å²) < 4.78 is 0. The molecule has 0 aromatic rings. The monoisotopic (exact) mass is 267 g/mol. The molecule has 1 saturated carbocycles. The van der Waals surface area contributed by atoms with Gasteiger partial charge in [0.25, 0.3) is 0 Å². The van der Waals surface area contributed by atoms with E-state index in [9.17, 15) is 0 Å². The van der Waals surface area contributed by atoms with Crippen molar-refractivity contribution >= 4 is 0 Å². The molecule has 19 heavy (non-hydrogen) atoms. The van der Waals surface area contributed by atoms with Crippen LogP contribution in [-0.2, 0) is 0 Å². The number of hydrogen-bond acceptors (Lipinski definition) is 1. The Morgan fingerprint density at radius 1 is 1.16 bits per heavy atom. The highest BCUT2D eigenvalue weighted by Crippen LogP contribution is 2.40. The zero-order chi connectivity index (χ0) is 14.5. The summed E-state index contributed by atoms with van der Waals surface area (Å²) in [6.07, 6.45) is 8.52. The van der Waals surface area contributed by atoms with E-state index in [1.807, 2.05) is 0 Å². The predicted molar refractivity (Wildman–Crippen MR) is 86.4 cm³/mol. The normalized spacial score (nSPS) is 30.3. The van der Waals surface area contributed by atoms with Crippen LogP contribution < -0.4 is 5.32 Å². The molecule has 0 aromatic carbocycles. The van der Waals surface area contributed by atoms with Crippen LogP contribution in [0.4, 0.5) is 0 Å². The van der Waals surface area contributed by atoms with Gasteiger partial charge < -0.3 is 5.32 Å². The lowest BCUT2D eigenvalue weighted by atomic mass is 9.67. The van der Waals surface area contributed by atoms with Crippen molar-refractivity contribution in [3.05, 3.63) is 0 Å². The van der Waals surface area contributed by atoms with Gasteiger partial charge in [-0.05, 0) is 63.8 Å². The molecule has 1 rings (SSSR count). The molecule has 0 radical (unpaired) electrons. The molecule has 114 valence electrons. The van der Waals surface area contributed by atoms with E-state index >= 15 is 0 Å². The number of rotatable bonds is 6. The van der Waals surface area contributed by atoms with Crippen LogP contribution in [0.2, 0.25) is 0 Å². The molecule has 1 fully saturated rings. The van der Waals surface area contributed by atoms with Crippen LogP contribution in [0.5, 0.6) is 0 Å². The zero-order valence-electron chi connectivity index (χ0n) is 14.3. The first-order chi connectivity index (χ1) is 8.87. The van der Waals surface area contributed by atoms with Crippen LogP contribution in [0.25, 0.3) is 0 Å². The van der Waals surface area contributed by atoms with Crippen LogP contribution in [0.15, 0.2) is 0 Å². The number of hydrogen-bond donors (Lipinski definition) is 1. The van der Waals surface area contributed by atoms with Gasteiger partial charge in [-0.2, -0.15) is 0 Å². The highest BCUT2D eigenvalue weighted by Gasteiger charge is 2.33. The molecule has 0 saturated heterocycles. The third kappa shape index (κ3) is 5.85. The van der Waals surface area contributed by atoms with Crippen LogP contribution in [-0.4, -0.2) is 12.1 Å². The summed E-state index contributed by atoms with van der Waals surface area (Å²) in [5, 5.41) is 3.75. The topological polar surface area (TPSA) is 12.0 Å². The molecule has 1 nitrogen and oxygen atoms in total. The van der Waals surface area contributed by atoms with Crippen molar-refractivity contribution in [2.24, 2.45) is 23.7 Å². The van der Waals surface area contributed by atoms with Gasteiger partial charge in [-0.1, -0.05) is 46.5 Å². The molecule has 0 spiro atoms. The van der Waals surface area contributed by atoms with Gasteiger partial charge in [0.15, 0.2) is 0 Å². The van der Waals surface area contributed by atoms with E-state index in [0.29, 0.717) is 0 Å². The lowest BCUT2D eigenvalue weighted by molar-refractivity contribution is 0.113. The minimum Gasteiger partial charge on any atom is -0.312 e. The van der Waals surface area contributed by atoms with Gasteiger partial charge in [0.1, 0.15) is 0 Å². The van der Waals surface area contributed by atoms with Gasteiger partial charge in [-0.25, -0.2) is 0 Å². The Kier molecular flexibility index (Phi) is 6.86. The molecular formula is C18H37N. The van der Waals surface area contributed by atoms with E-state index < -0.39 is 0 Å². The van der Waals surface area contributed by atoms with E-state index in [0.717, 1.165) is 23.7 Å². The Bertz CT molecular complexity index is 241. The molecule has 0 heterocycles. The fourth-order valence-electron chi connectivity index (χ4n) is 3.79. The van der Waals surface area contributed by atoms with Gasteiger partial charge in [0.2, 0.25) is 0 Å². The van der Waals surface area contributed by atoms with Gasteiger partial charge in [0.05, 0.1) is 0 Å². The minimum absolute atomic E-state index is 0.264. The largest absolute Gasteiger partial charge is 0.312 e. The van der Waals surface area contributed by atoms with Crippen LogP contribution in [0, 0.1) is 23.7 Å². The second-order valence-electron chi connectivity index (χ2n) is 7.91. The van der Waals surface area contributed by atoms with Crippen molar-refractivity contribution in [1.82, 2.24) is 5.32 Å². The highest BCUT2D eigenvalue weighted by atomic mass is 14.9. The summed E-state index contributed by atoms with van der Waals surface area (Å²) in [4.78, 5) is 0. The predicted octanol–water partition coefficient (Wildman–Crippen LogP) is 5.25. The molecule has 1 aliphatic carbocycles. The molecular weight excluding hydrogens is 230 g/mol. The molecule has 0 aliphatic heterocycles. The lowest BCUT2D eigenvalue weighted by Crippen LogP contribution is -2.43. The quantitative estimate of drug-likeness (QED) is 0.693. The smallest absolute Gasteiger partial charge is 0.00966 e. The fraction of sp³-hybridized carbons (Fsp3) is 1.00. The Morgan fingerprint density at radius 3 is 2.37 bits per heavy atom. The molecule has 4 unspecified atom stereocenters. The molecule has 1 N–H and O–H groups in total. The summed E-state index contributed by atoms with van der Waals surface area (Å²) in [5.74, 6) is 3.76.